The maximum atomic E-state index is 10.8. The molecule has 1 N–H and O–H groups in total. The first-order chi connectivity index (χ1) is 9.93. The van der Waals surface area contributed by atoms with Crippen LogP contribution in [0.5, 0.6) is 0 Å². The molecule has 120 valence electrons. The number of aliphatic hydroxyl groups is 1. The molecular formula is C15H27BrN4O. The predicted molar refractivity (Wildman–Crippen MR) is 88.6 cm³/mol. The van der Waals surface area contributed by atoms with Gasteiger partial charge in [0.25, 0.3) is 0 Å². The molecule has 0 saturated carbocycles. The molecule has 21 heavy (non-hydrogen) atoms. The van der Waals surface area contributed by atoms with Crippen LogP contribution < -0.4 is 0 Å². The number of nitrogens with zero attached hydrogens (tertiary/aromatic N) is 4. The van der Waals surface area contributed by atoms with Crippen LogP contribution in [0.4, 0.5) is 0 Å². The van der Waals surface area contributed by atoms with Crippen LogP contribution in [-0.2, 0) is 13.0 Å². The van der Waals surface area contributed by atoms with Gasteiger partial charge in [0.15, 0.2) is 0 Å². The number of hydrogen-bond acceptors (Lipinski definition) is 4. The van der Waals surface area contributed by atoms with E-state index in [1.165, 1.54) is 0 Å². The highest BCUT2D eigenvalue weighted by atomic mass is 79.9. The van der Waals surface area contributed by atoms with Crippen molar-refractivity contribution in [3.8, 4) is 0 Å². The van der Waals surface area contributed by atoms with Crippen molar-refractivity contribution >= 4 is 15.9 Å². The van der Waals surface area contributed by atoms with Gasteiger partial charge in [0.1, 0.15) is 0 Å². The highest BCUT2D eigenvalue weighted by Crippen LogP contribution is 2.24. The fraction of sp³-hybridized carbons (Fsp3) is 0.800. The number of aliphatic hydroxyl groups excluding tert-OH is 1. The maximum absolute atomic E-state index is 10.8. The standard InChI is InChI=1S/C15H27BrN4O/c1-5-20-12(15(16)11(2)17-20)9-14(21)13-10-18(3)7-6-8-19(13)4/h13-14,21H,5-10H2,1-4H3. The van der Waals surface area contributed by atoms with E-state index in [-0.39, 0.29) is 12.1 Å². The Balaban J connectivity index is 2.14. The zero-order chi connectivity index (χ0) is 15.6. The second kappa shape index (κ2) is 7.22. The predicted octanol–water partition coefficient (Wildman–Crippen LogP) is 1.51. The minimum atomic E-state index is -0.381. The Labute approximate surface area is 136 Å². The van der Waals surface area contributed by atoms with Crippen molar-refractivity contribution in [1.29, 1.82) is 0 Å². The van der Waals surface area contributed by atoms with Crippen molar-refractivity contribution in [2.45, 2.75) is 45.4 Å². The van der Waals surface area contributed by atoms with E-state index < -0.39 is 0 Å². The van der Waals surface area contributed by atoms with E-state index in [1.54, 1.807) is 0 Å². The number of aromatic nitrogens is 2. The minimum absolute atomic E-state index is 0.171. The van der Waals surface area contributed by atoms with E-state index in [1.807, 2.05) is 11.6 Å². The number of halogens is 1. The van der Waals surface area contributed by atoms with Gasteiger partial charge in [-0.15, -0.1) is 0 Å². The summed E-state index contributed by atoms with van der Waals surface area (Å²) in [5.74, 6) is 0. The van der Waals surface area contributed by atoms with Gasteiger partial charge in [0.2, 0.25) is 0 Å². The summed E-state index contributed by atoms with van der Waals surface area (Å²) in [6, 6.07) is 0.171. The summed E-state index contributed by atoms with van der Waals surface area (Å²) in [6.07, 6.45) is 1.41. The van der Waals surface area contributed by atoms with Gasteiger partial charge in [-0.05, 0) is 63.4 Å². The molecule has 1 saturated heterocycles. The van der Waals surface area contributed by atoms with E-state index in [9.17, 15) is 5.11 Å². The Bertz CT molecular complexity index is 476. The molecule has 0 amide bonds. The summed E-state index contributed by atoms with van der Waals surface area (Å²) < 4.78 is 3.02. The summed E-state index contributed by atoms with van der Waals surface area (Å²) in [4.78, 5) is 4.61. The van der Waals surface area contributed by atoms with E-state index in [2.05, 4.69) is 51.8 Å². The largest absolute Gasteiger partial charge is 0.391 e. The van der Waals surface area contributed by atoms with Gasteiger partial charge in [0.05, 0.1) is 22.0 Å². The molecule has 5 nitrogen and oxygen atoms in total. The molecular weight excluding hydrogens is 332 g/mol. The average Bonchev–Trinajstić information content (AvgIpc) is 2.60. The zero-order valence-corrected chi connectivity index (χ0v) is 15.1. The molecule has 2 heterocycles. The topological polar surface area (TPSA) is 44.5 Å². The average molecular weight is 359 g/mol. The van der Waals surface area contributed by atoms with Crippen LogP contribution in [-0.4, -0.2) is 70.6 Å². The summed E-state index contributed by atoms with van der Waals surface area (Å²) in [5, 5.41) is 15.3. The van der Waals surface area contributed by atoms with Gasteiger partial charge in [-0.2, -0.15) is 5.10 Å². The molecule has 0 spiro atoms. The highest BCUT2D eigenvalue weighted by molar-refractivity contribution is 9.10. The van der Waals surface area contributed by atoms with Crippen LogP contribution in [0.1, 0.15) is 24.7 Å². The molecule has 1 fully saturated rings. The normalized spacial score (nSPS) is 23.2. The fourth-order valence-electron chi connectivity index (χ4n) is 3.12. The van der Waals surface area contributed by atoms with Crippen LogP contribution in [0.15, 0.2) is 4.47 Å². The summed E-state index contributed by atoms with van der Waals surface area (Å²) in [5.41, 5.74) is 2.09. The third kappa shape index (κ3) is 3.86. The molecule has 6 heteroatoms. The van der Waals surface area contributed by atoms with E-state index in [0.717, 1.165) is 48.5 Å². The van der Waals surface area contributed by atoms with Crippen LogP contribution in [0.25, 0.3) is 0 Å². The van der Waals surface area contributed by atoms with Crippen LogP contribution in [0.3, 0.4) is 0 Å². The number of rotatable bonds is 4. The molecule has 1 aliphatic heterocycles. The Kier molecular flexibility index (Phi) is 5.82. The number of aryl methyl sites for hydroxylation is 2. The maximum Gasteiger partial charge on any atom is 0.0763 e. The van der Waals surface area contributed by atoms with Gasteiger partial charge in [-0.3, -0.25) is 9.58 Å². The molecule has 0 aromatic carbocycles. The van der Waals surface area contributed by atoms with Crippen molar-refractivity contribution < 1.29 is 5.11 Å². The quantitative estimate of drug-likeness (QED) is 0.885. The first-order valence-electron chi connectivity index (χ1n) is 7.72. The molecule has 0 aliphatic carbocycles. The van der Waals surface area contributed by atoms with Gasteiger partial charge in [0, 0.05) is 25.6 Å². The first kappa shape index (κ1) is 16.9. The van der Waals surface area contributed by atoms with Crippen LogP contribution in [0.2, 0.25) is 0 Å². The second-order valence-corrected chi connectivity index (χ2v) is 6.89. The number of hydrogen-bond donors (Lipinski definition) is 1. The molecule has 0 radical (unpaired) electrons. The third-order valence-corrected chi connectivity index (χ3v) is 5.45. The van der Waals surface area contributed by atoms with Gasteiger partial charge in [-0.25, -0.2) is 0 Å². The zero-order valence-electron chi connectivity index (χ0n) is 13.5. The highest BCUT2D eigenvalue weighted by Gasteiger charge is 2.29. The van der Waals surface area contributed by atoms with Gasteiger partial charge >= 0.3 is 0 Å². The van der Waals surface area contributed by atoms with Crippen molar-refractivity contribution in [3.05, 3.63) is 15.9 Å². The molecule has 2 rings (SSSR count). The fourth-order valence-corrected chi connectivity index (χ4v) is 3.57. The van der Waals surface area contributed by atoms with E-state index in [4.69, 9.17) is 0 Å². The minimum Gasteiger partial charge on any atom is -0.391 e. The van der Waals surface area contributed by atoms with Gasteiger partial charge in [-0.1, -0.05) is 0 Å². The molecule has 1 aliphatic rings. The molecule has 2 unspecified atom stereocenters. The third-order valence-electron chi connectivity index (χ3n) is 4.42. The van der Waals surface area contributed by atoms with Crippen molar-refractivity contribution in [2.24, 2.45) is 0 Å². The lowest BCUT2D eigenvalue weighted by atomic mass is 10.0. The summed E-state index contributed by atoms with van der Waals surface area (Å²) in [7, 11) is 4.25. The Hall–Kier alpha value is -0.430. The lowest BCUT2D eigenvalue weighted by Gasteiger charge is -2.31. The van der Waals surface area contributed by atoms with Crippen molar-refractivity contribution in [1.82, 2.24) is 19.6 Å². The van der Waals surface area contributed by atoms with Crippen LogP contribution in [0, 0.1) is 6.92 Å². The summed E-state index contributed by atoms with van der Waals surface area (Å²) >= 11 is 3.62. The smallest absolute Gasteiger partial charge is 0.0763 e. The van der Waals surface area contributed by atoms with Crippen molar-refractivity contribution in [2.75, 3.05) is 33.7 Å². The Morgan fingerprint density at radius 3 is 2.76 bits per heavy atom. The Morgan fingerprint density at radius 2 is 2.10 bits per heavy atom. The molecule has 1 aromatic rings. The SMILES string of the molecule is CCn1nc(C)c(Br)c1CC(O)C1CN(C)CCCN1C. The first-order valence-corrected chi connectivity index (χ1v) is 8.52. The monoisotopic (exact) mass is 358 g/mol. The second-order valence-electron chi connectivity index (χ2n) is 6.10. The van der Waals surface area contributed by atoms with E-state index >= 15 is 0 Å². The van der Waals surface area contributed by atoms with Crippen LogP contribution >= 0.6 is 15.9 Å². The molecule has 0 bridgehead atoms. The summed E-state index contributed by atoms with van der Waals surface area (Å²) in [6.45, 7) is 7.96. The van der Waals surface area contributed by atoms with Crippen molar-refractivity contribution in [3.63, 3.8) is 0 Å². The van der Waals surface area contributed by atoms with E-state index in [0.29, 0.717) is 6.42 Å². The Morgan fingerprint density at radius 1 is 1.38 bits per heavy atom. The number of likely N-dealkylation sites (N-methyl/N-ethyl adjacent to an activating group) is 2. The molecule has 1 aromatic heterocycles. The van der Waals surface area contributed by atoms with Gasteiger partial charge < -0.3 is 10.0 Å². The lowest BCUT2D eigenvalue weighted by Crippen LogP contribution is -2.47. The lowest BCUT2D eigenvalue weighted by molar-refractivity contribution is 0.0566. The molecule has 2 atom stereocenters.